The molecule has 0 aliphatic carbocycles. The van der Waals surface area contributed by atoms with Crippen molar-refractivity contribution in [2.75, 3.05) is 6.54 Å². The highest BCUT2D eigenvalue weighted by atomic mass is 31.2. The van der Waals surface area contributed by atoms with Gasteiger partial charge in [0.15, 0.2) is 5.78 Å². The van der Waals surface area contributed by atoms with E-state index >= 15 is 0 Å². The van der Waals surface area contributed by atoms with E-state index in [4.69, 9.17) is 13.8 Å². The van der Waals surface area contributed by atoms with Crippen LogP contribution in [0.1, 0.15) is 37.7 Å². The van der Waals surface area contributed by atoms with Gasteiger partial charge in [0.25, 0.3) is 0 Å². The van der Waals surface area contributed by atoms with E-state index in [0.29, 0.717) is 24.5 Å². The molecule has 3 aromatic rings. The van der Waals surface area contributed by atoms with E-state index in [2.05, 4.69) is 0 Å². The number of amides is 1. The third-order valence-electron chi connectivity index (χ3n) is 5.13. The summed E-state index contributed by atoms with van der Waals surface area (Å²) in [6.45, 7) is 5.74. The standard InChI is InChI=1S/C26H28NO5P/c1-26(2,3)30-25(28)27-19-18-20-12-10-11-17-23(20)24(27)33(29,31-21-13-6-4-7-14-21)32-22-15-8-5-9-16-22/h4-17,24H,18-19H2,1-3H3. The zero-order chi connectivity index (χ0) is 23.5. The van der Waals surface area contributed by atoms with Crippen LogP contribution in [0.3, 0.4) is 0 Å². The summed E-state index contributed by atoms with van der Waals surface area (Å²) in [4.78, 5) is 14.7. The smallest absolute Gasteiger partial charge is 0.444 e. The molecule has 1 unspecified atom stereocenters. The normalized spacial score (nSPS) is 16.0. The van der Waals surface area contributed by atoms with Crippen LogP contribution < -0.4 is 9.05 Å². The van der Waals surface area contributed by atoms with Gasteiger partial charge in [-0.1, -0.05) is 60.7 Å². The molecule has 33 heavy (non-hydrogen) atoms. The molecular formula is C26H28NO5P. The van der Waals surface area contributed by atoms with Gasteiger partial charge in [0, 0.05) is 6.54 Å². The van der Waals surface area contributed by atoms with Gasteiger partial charge in [0.2, 0.25) is 0 Å². The minimum Gasteiger partial charge on any atom is -0.444 e. The molecule has 6 nitrogen and oxygen atoms in total. The molecule has 0 aromatic heterocycles. The molecule has 1 heterocycles. The maximum Gasteiger partial charge on any atom is 0.457 e. The third kappa shape index (κ3) is 5.40. The lowest BCUT2D eigenvalue weighted by atomic mass is 10.00. The van der Waals surface area contributed by atoms with E-state index in [1.807, 2.05) is 36.4 Å². The van der Waals surface area contributed by atoms with Crippen molar-refractivity contribution in [1.29, 1.82) is 0 Å². The lowest BCUT2D eigenvalue weighted by Gasteiger charge is -2.40. The van der Waals surface area contributed by atoms with E-state index in [-0.39, 0.29) is 0 Å². The fourth-order valence-electron chi connectivity index (χ4n) is 3.77. The third-order valence-corrected chi connectivity index (χ3v) is 7.22. The predicted molar refractivity (Wildman–Crippen MR) is 128 cm³/mol. The van der Waals surface area contributed by atoms with Gasteiger partial charge in [0.05, 0.1) is 0 Å². The number of carbonyl (C=O) groups excluding carboxylic acids is 1. The molecule has 3 aromatic carbocycles. The Bertz CT molecular complexity index is 1100. The van der Waals surface area contributed by atoms with Gasteiger partial charge < -0.3 is 13.8 Å². The second-order valence-corrected chi connectivity index (χ2v) is 10.8. The minimum absolute atomic E-state index is 0.330. The number of rotatable bonds is 5. The van der Waals surface area contributed by atoms with Crippen molar-refractivity contribution >= 4 is 13.7 Å². The highest BCUT2D eigenvalue weighted by molar-refractivity contribution is 7.55. The molecule has 0 spiro atoms. The highest BCUT2D eigenvalue weighted by Gasteiger charge is 2.49. The molecule has 0 bridgehead atoms. The molecule has 0 N–H and O–H groups in total. The van der Waals surface area contributed by atoms with Crippen LogP contribution >= 0.6 is 7.60 Å². The SMILES string of the molecule is CC(C)(C)OC(=O)N1CCc2ccccc2C1P(=O)(Oc1ccccc1)Oc1ccccc1. The molecule has 4 rings (SSSR count). The van der Waals surface area contributed by atoms with Gasteiger partial charge in [-0.2, -0.15) is 0 Å². The molecule has 0 saturated heterocycles. The second-order valence-electron chi connectivity index (χ2n) is 8.84. The average molecular weight is 465 g/mol. The molecule has 1 aliphatic heterocycles. The largest absolute Gasteiger partial charge is 0.457 e. The van der Waals surface area contributed by atoms with Crippen molar-refractivity contribution in [2.45, 2.75) is 38.6 Å². The van der Waals surface area contributed by atoms with Crippen molar-refractivity contribution < 1.29 is 23.1 Å². The molecule has 1 atom stereocenters. The summed E-state index contributed by atoms with van der Waals surface area (Å²) < 4.78 is 32.5. The van der Waals surface area contributed by atoms with E-state index in [9.17, 15) is 9.36 Å². The van der Waals surface area contributed by atoms with E-state index in [1.165, 1.54) is 4.90 Å². The first-order valence-corrected chi connectivity index (χ1v) is 12.5. The van der Waals surface area contributed by atoms with E-state index < -0.39 is 25.1 Å². The number of hydrogen-bond acceptors (Lipinski definition) is 5. The van der Waals surface area contributed by atoms with Crippen molar-refractivity contribution in [1.82, 2.24) is 4.90 Å². The maximum absolute atomic E-state index is 14.7. The average Bonchev–Trinajstić information content (AvgIpc) is 2.78. The van der Waals surface area contributed by atoms with E-state index in [0.717, 1.165) is 11.1 Å². The second kappa shape index (κ2) is 9.32. The highest BCUT2D eigenvalue weighted by Crippen LogP contribution is 2.63. The predicted octanol–water partition coefficient (Wildman–Crippen LogP) is 6.83. The van der Waals surface area contributed by atoms with Crippen LogP contribution in [-0.4, -0.2) is 23.1 Å². The van der Waals surface area contributed by atoms with Gasteiger partial charge in [-0.25, -0.2) is 9.36 Å². The van der Waals surface area contributed by atoms with Crippen LogP contribution in [0.25, 0.3) is 0 Å². The number of ether oxygens (including phenoxy) is 1. The maximum atomic E-state index is 14.7. The number of para-hydroxylation sites is 2. The van der Waals surface area contributed by atoms with Crippen LogP contribution in [0.2, 0.25) is 0 Å². The Balaban J connectivity index is 1.83. The summed E-state index contributed by atoms with van der Waals surface area (Å²) >= 11 is 0. The zero-order valence-corrected chi connectivity index (χ0v) is 19.9. The first-order valence-electron chi connectivity index (χ1n) is 10.9. The van der Waals surface area contributed by atoms with Gasteiger partial charge >= 0.3 is 13.7 Å². The van der Waals surface area contributed by atoms with Crippen LogP contribution in [0, 0.1) is 0 Å². The lowest BCUT2D eigenvalue weighted by Crippen LogP contribution is -2.44. The summed E-state index contributed by atoms with van der Waals surface area (Å²) in [5.74, 6) is -0.189. The van der Waals surface area contributed by atoms with Crippen LogP contribution in [0.4, 0.5) is 4.79 Å². The Morgan fingerprint density at radius 3 is 1.91 bits per heavy atom. The summed E-state index contributed by atoms with van der Waals surface area (Å²) in [6.07, 6.45) is 0.0540. The van der Waals surface area contributed by atoms with Crippen LogP contribution in [0.5, 0.6) is 11.5 Å². The van der Waals surface area contributed by atoms with Crippen molar-refractivity contribution in [3.63, 3.8) is 0 Å². The van der Waals surface area contributed by atoms with Gasteiger partial charge in [-0.15, -0.1) is 0 Å². The Labute approximate surface area is 194 Å². The summed E-state index contributed by atoms with van der Waals surface area (Å²) in [6, 6.07) is 25.4. The first-order chi connectivity index (χ1) is 15.8. The monoisotopic (exact) mass is 465 g/mol. The van der Waals surface area contributed by atoms with Gasteiger partial charge in [-0.05, 0) is 62.6 Å². The minimum atomic E-state index is -4.02. The molecule has 1 amide bonds. The Morgan fingerprint density at radius 1 is 0.848 bits per heavy atom. The molecule has 0 radical (unpaired) electrons. The molecule has 0 fully saturated rings. The van der Waals surface area contributed by atoms with Crippen molar-refractivity contribution in [2.24, 2.45) is 0 Å². The number of hydrogen-bond donors (Lipinski definition) is 0. The molecule has 0 saturated carbocycles. The first kappa shape index (κ1) is 22.9. The van der Waals surface area contributed by atoms with Gasteiger partial charge in [0.1, 0.15) is 17.1 Å². The Hall–Kier alpha value is -3.24. The molecule has 172 valence electrons. The molecule has 1 aliphatic rings. The Kier molecular flexibility index (Phi) is 6.48. The van der Waals surface area contributed by atoms with Gasteiger partial charge in [-0.3, -0.25) is 4.90 Å². The molecule has 7 heteroatoms. The van der Waals surface area contributed by atoms with Crippen LogP contribution in [0.15, 0.2) is 84.9 Å². The van der Waals surface area contributed by atoms with E-state index in [1.54, 1.807) is 69.3 Å². The number of carbonyl (C=O) groups is 1. The van der Waals surface area contributed by atoms with Crippen LogP contribution in [-0.2, 0) is 15.7 Å². The number of nitrogens with zero attached hydrogens (tertiary/aromatic N) is 1. The fraction of sp³-hybridized carbons (Fsp3) is 0.269. The van der Waals surface area contributed by atoms with Crippen molar-refractivity contribution in [3.05, 3.63) is 96.1 Å². The fourth-order valence-corrected chi connectivity index (χ4v) is 5.98. The molecular weight excluding hydrogens is 437 g/mol. The zero-order valence-electron chi connectivity index (χ0n) is 19.0. The Morgan fingerprint density at radius 2 is 1.36 bits per heavy atom. The number of fused-ring (bicyclic) bond motifs is 1. The van der Waals surface area contributed by atoms with Crippen molar-refractivity contribution in [3.8, 4) is 11.5 Å². The number of benzene rings is 3. The summed E-state index contributed by atoms with van der Waals surface area (Å²) in [7, 11) is -4.02. The quantitative estimate of drug-likeness (QED) is 0.387. The topological polar surface area (TPSA) is 65.1 Å². The summed E-state index contributed by atoms with van der Waals surface area (Å²) in [5, 5.41) is 0. The summed E-state index contributed by atoms with van der Waals surface area (Å²) in [5.41, 5.74) is 1.02. The lowest BCUT2D eigenvalue weighted by molar-refractivity contribution is 0.0191.